The van der Waals surface area contributed by atoms with Crippen molar-refractivity contribution in [2.45, 2.75) is 26.8 Å². The van der Waals surface area contributed by atoms with E-state index in [2.05, 4.69) is 0 Å². The molecule has 0 spiro atoms. The smallest absolute Gasteiger partial charge is 0.239 e. The second kappa shape index (κ2) is 5.47. The minimum Gasteiger partial charge on any atom is -0.343 e. The summed E-state index contributed by atoms with van der Waals surface area (Å²) in [4.78, 5) is 15.6. The number of carbonyl (C=O) groups is 1. The fourth-order valence-electron chi connectivity index (χ4n) is 1.07. The Morgan fingerprint density at radius 3 is 2.00 bits per heavy atom. The van der Waals surface area contributed by atoms with Crippen LogP contribution in [-0.4, -0.2) is 56.0 Å². The molecule has 4 nitrogen and oxygen atoms in total. The predicted molar refractivity (Wildman–Crippen MR) is 63.6 cm³/mol. The van der Waals surface area contributed by atoms with Crippen molar-refractivity contribution in [1.82, 2.24) is 9.80 Å². The molecule has 0 bridgehead atoms. The summed E-state index contributed by atoms with van der Waals surface area (Å²) in [6, 6.07) is -0.426. The van der Waals surface area contributed by atoms with Crippen molar-refractivity contribution in [2.24, 2.45) is 11.1 Å². The Kier molecular flexibility index (Phi) is 5.24. The van der Waals surface area contributed by atoms with E-state index >= 15 is 0 Å². The summed E-state index contributed by atoms with van der Waals surface area (Å²) in [5, 5.41) is 0. The molecule has 15 heavy (non-hydrogen) atoms. The molecule has 0 aliphatic rings. The molecule has 0 fully saturated rings. The van der Waals surface area contributed by atoms with Crippen molar-refractivity contribution in [3.8, 4) is 0 Å². The monoisotopic (exact) mass is 215 g/mol. The van der Waals surface area contributed by atoms with E-state index in [9.17, 15) is 4.79 Å². The highest BCUT2D eigenvalue weighted by atomic mass is 16.2. The maximum Gasteiger partial charge on any atom is 0.239 e. The highest BCUT2D eigenvalue weighted by Gasteiger charge is 2.29. The van der Waals surface area contributed by atoms with E-state index in [1.54, 1.807) is 11.9 Å². The molecule has 4 heteroatoms. The van der Waals surface area contributed by atoms with Crippen molar-refractivity contribution in [3.63, 3.8) is 0 Å². The van der Waals surface area contributed by atoms with Crippen LogP contribution in [0, 0.1) is 5.41 Å². The van der Waals surface area contributed by atoms with Gasteiger partial charge < -0.3 is 15.5 Å². The van der Waals surface area contributed by atoms with Gasteiger partial charge in [-0.25, -0.2) is 0 Å². The summed E-state index contributed by atoms with van der Waals surface area (Å²) in [5.74, 6) is 0.0179. The lowest BCUT2D eigenvalue weighted by molar-refractivity contribution is -0.133. The summed E-state index contributed by atoms with van der Waals surface area (Å²) >= 11 is 0. The van der Waals surface area contributed by atoms with Crippen LogP contribution in [0.15, 0.2) is 0 Å². The summed E-state index contributed by atoms with van der Waals surface area (Å²) in [5.41, 5.74) is 5.72. The molecular weight excluding hydrogens is 190 g/mol. The van der Waals surface area contributed by atoms with Gasteiger partial charge in [-0.3, -0.25) is 4.79 Å². The SMILES string of the molecule is CN(C)CCN(C)C(=O)C(N)C(C)(C)C. The first-order valence-corrected chi connectivity index (χ1v) is 5.31. The molecule has 0 aromatic carbocycles. The normalized spacial score (nSPS) is 14.1. The van der Waals surface area contributed by atoms with Gasteiger partial charge in [0.05, 0.1) is 6.04 Å². The van der Waals surface area contributed by atoms with E-state index in [-0.39, 0.29) is 11.3 Å². The number of likely N-dealkylation sites (N-methyl/N-ethyl adjacent to an activating group) is 2. The maximum atomic E-state index is 11.9. The first-order valence-electron chi connectivity index (χ1n) is 5.31. The predicted octanol–water partition coefficient (Wildman–Crippen LogP) is 0.380. The zero-order valence-corrected chi connectivity index (χ0v) is 10.9. The van der Waals surface area contributed by atoms with Crippen LogP contribution >= 0.6 is 0 Å². The Bertz CT molecular complexity index is 208. The molecule has 90 valence electrons. The summed E-state index contributed by atoms with van der Waals surface area (Å²) < 4.78 is 0. The number of nitrogens with two attached hydrogens (primary N) is 1. The minimum absolute atomic E-state index is 0.0179. The van der Waals surface area contributed by atoms with Crippen LogP contribution < -0.4 is 5.73 Å². The van der Waals surface area contributed by atoms with Crippen molar-refractivity contribution < 1.29 is 4.79 Å². The molecule has 2 N–H and O–H groups in total. The van der Waals surface area contributed by atoms with Crippen molar-refractivity contribution in [2.75, 3.05) is 34.2 Å². The Morgan fingerprint density at radius 1 is 1.20 bits per heavy atom. The highest BCUT2D eigenvalue weighted by molar-refractivity contribution is 5.82. The average Bonchev–Trinajstić information content (AvgIpc) is 2.10. The standard InChI is InChI=1S/C11H25N3O/c1-11(2,3)9(12)10(15)14(6)8-7-13(4)5/h9H,7-8,12H2,1-6H3. The first-order chi connectivity index (χ1) is 6.66. The molecule has 1 amide bonds. The highest BCUT2D eigenvalue weighted by Crippen LogP contribution is 2.18. The number of hydrogen-bond acceptors (Lipinski definition) is 3. The molecule has 0 heterocycles. The molecule has 1 unspecified atom stereocenters. The zero-order chi connectivity index (χ0) is 12.2. The Balaban J connectivity index is 4.20. The Hall–Kier alpha value is -0.610. The average molecular weight is 215 g/mol. The van der Waals surface area contributed by atoms with E-state index < -0.39 is 6.04 Å². The van der Waals surface area contributed by atoms with Crippen molar-refractivity contribution in [1.29, 1.82) is 0 Å². The van der Waals surface area contributed by atoms with Crippen LogP contribution in [0.1, 0.15) is 20.8 Å². The number of nitrogens with zero attached hydrogens (tertiary/aromatic N) is 2. The van der Waals surface area contributed by atoms with Gasteiger partial charge in [-0.05, 0) is 19.5 Å². The van der Waals surface area contributed by atoms with Gasteiger partial charge in [0, 0.05) is 20.1 Å². The lowest BCUT2D eigenvalue weighted by atomic mass is 9.86. The quantitative estimate of drug-likeness (QED) is 0.737. The van der Waals surface area contributed by atoms with E-state index in [0.29, 0.717) is 0 Å². The van der Waals surface area contributed by atoms with Crippen LogP contribution in [0.25, 0.3) is 0 Å². The Labute approximate surface area is 93.4 Å². The fourth-order valence-corrected chi connectivity index (χ4v) is 1.07. The summed E-state index contributed by atoms with van der Waals surface area (Å²) in [6.45, 7) is 7.52. The van der Waals surface area contributed by atoms with Gasteiger partial charge in [-0.2, -0.15) is 0 Å². The van der Waals surface area contributed by atoms with Gasteiger partial charge >= 0.3 is 0 Å². The van der Waals surface area contributed by atoms with Gasteiger partial charge in [0.25, 0.3) is 0 Å². The number of rotatable bonds is 4. The van der Waals surface area contributed by atoms with Crippen LogP contribution in [-0.2, 0) is 4.79 Å². The largest absolute Gasteiger partial charge is 0.343 e. The van der Waals surface area contributed by atoms with Crippen LogP contribution in [0.2, 0.25) is 0 Å². The van der Waals surface area contributed by atoms with E-state index in [1.165, 1.54) is 0 Å². The fraction of sp³-hybridized carbons (Fsp3) is 0.909. The van der Waals surface area contributed by atoms with Gasteiger partial charge in [0.1, 0.15) is 0 Å². The topological polar surface area (TPSA) is 49.6 Å². The molecule has 0 aromatic heterocycles. The van der Waals surface area contributed by atoms with E-state index in [0.717, 1.165) is 13.1 Å². The third-order valence-electron chi connectivity index (χ3n) is 2.46. The van der Waals surface area contributed by atoms with Crippen LogP contribution in [0.3, 0.4) is 0 Å². The maximum absolute atomic E-state index is 11.9. The summed E-state index contributed by atoms with van der Waals surface area (Å²) in [6.07, 6.45) is 0. The first kappa shape index (κ1) is 14.4. The zero-order valence-electron chi connectivity index (χ0n) is 10.9. The molecule has 0 saturated heterocycles. The van der Waals surface area contributed by atoms with Crippen molar-refractivity contribution in [3.05, 3.63) is 0 Å². The molecule has 0 aliphatic carbocycles. The lowest BCUT2D eigenvalue weighted by Crippen LogP contribution is -2.50. The molecule has 1 atom stereocenters. The van der Waals surface area contributed by atoms with Crippen molar-refractivity contribution >= 4 is 5.91 Å². The third kappa shape index (κ3) is 5.14. The third-order valence-corrected chi connectivity index (χ3v) is 2.46. The van der Waals surface area contributed by atoms with Gasteiger partial charge in [-0.1, -0.05) is 20.8 Å². The number of carbonyl (C=O) groups excluding carboxylic acids is 1. The number of amides is 1. The molecular formula is C11H25N3O. The second-order valence-corrected chi connectivity index (χ2v) is 5.41. The molecule has 0 radical (unpaired) electrons. The van der Waals surface area contributed by atoms with E-state index in [4.69, 9.17) is 5.73 Å². The summed E-state index contributed by atoms with van der Waals surface area (Å²) in [7, 11) is 5.78. The molecule has 0 rings (SSSR count). The van der Waals surface area contributed by atoms with Gasteiger partial charge in [0.2, 0.25) is 5.91 Å². The molecule has 0 saturated carbocycles. The second-order valence-electron chi connectivity index (χ2n) is 5.41. The van der Waals surface area contributed by atoms with Crippen LogP contribution in [0.4, 0.5) is 0 Å². The molecule has 0 aromatic rings. The lowest BCUT2D eigenvalue weighted by Gasteiger charge is -2.30. The van der Waals surface area contributed by atoms with E-state index in [1.807, 2.05) is 39.8 Å². The van der Waals surface area contributed by atoms with Gasteiger partial charge in [-0.15, -0.1) is 0 Å². The minimum atomic E-state index is -0.426. The Morgan fingerprint density at radius 2 is 1.67 bits per heavy atom. The van der Waals surface area contributed by atoms with Crippen LogP contribution in [0.5, 0.6) is 0 Å². The molecule has 0 aliphatic heterocycles. The number of hydrogen-bond donors (Lipinski definition) is 1. The van der Waals surface area contributed by atoms with Gasteiger partial charge in [0.15, 0.2) is 0 Å².